The van der Waals surface area contributed by atoms with Crippen LogP contribution in [0.5, 0.6) is 0 Å². The standard InChI is InChI=1S/C14H20ClNO/c1-2-3-9-16(12-7-8-12)14-11(10-17)5-4-6-13(14)15/h4-6,12,17H,2-3,7-10H2,1H3. The lowest BCUT2D eigenvalue weighted by atomic mass is 10.1. The number of para-hydroxylation sites is 1. The van der Waals surface area contributed by atoms with Crippen LogP contribution in [0.15, 0.2) is 18.2 Å². The van der Waals surface area contributed by atoms with E-state index in [-0.39, 0.29) is 6.61 Å². The maximum Gasteiger partial charge on any atom is 0.0702 e. The van der Waals surface area contributed by atoms with Crippen LogP contribution in [-0.4, -0.2) is 17.7 Å². The molecule has 2 rings (SSSR count). The molecule has 0 atom stereocenters. The normalized spacial score (nSPS) is 15.0. The van der Waals surface area contributed by atoms with E-state index >= 15 is 0 Å². The maximum atomic E-state index is 9.43. The van der Waals surface area contributed by atoms with E-state index in [9.17, 15) is 5.11 Å². The van der Waals surface area contributed by atoms with Gasteiger partial charge in [-0.3, -0.25) is 0 Å². The maximum absolute atomic E-state index is 9.43. The minimum absolute atomic E-state index is 0.0608. The van der Waals surface area contributed by atoms with Crippen LogP contribution in [0.1, 0.15) is 38.2 Å². The first-order valence-corrected chi connectivity index (χ1v) is 6.80. The molecule has 0 aromatic heterocycles. The third-order valence-corrected chi connectivity index (χ3v) is 3.57. The summed E-state index contributed by atoms with van der Waals surface area (Å²) >= 11 is 6.30. The predicted molar refractivity (Wildman–Crippen MR) is 72.7 cm³/mol. The molecule has 1 aromatic rings. The molecule has 1 fully saturated rings. The molecule has 0 radical (unpaired) electrons. The fraction of sp³-hybridized carbons (Fsp3) is 0.571. The van der Waals surface area contributed by atoms with E-state index in [2.05, 4.69) is 11.8 Å². The number of hydrogen-bond donors (Lipinski definition) is 1. The van der Waals surface area contributed by atoms with Gasteiger partial charge in [0.25, 0.3) is 0 Å². The fourth-order valence-corrected chi connectivity index (χ4v) is 2.50. The van der Waals surface area contributed by atoms with Crippen molar-refractivity contribution in [2.75, 3.05) is 11.4 Å². The molecule has 1 N–H and O–H groups in total. The fourth-order valence-electron chi connectivity index (χ4n) is 2.20. The summed E-state index contributed by atoms with van der Waals surface area (Å²) in [6.45, 7) is 3.30. The summed E-state index contributed by atoms with van der Waals surface area (Å²) < 4.78 is 0. The van der Waals surface area contributed by atoms with Crippen molar-refractivity contribution in [1.82, 2.24) is 0 Å². The zero-order valence-electron chi connectivity index (χ0n) is 10.3. The molecule has 0 saturated heterocycles. The van der Waals surface area contributed by atoms with Crippen molar-refractivity contribution < 1.29 is 5.11 Å². The van der Waals surface area contributed by atoms with Gasteiger partial charge in [0.1, 0.15) is 0 Å². The van der Waals surface area contributed by atoms with Crippen molar-refractivity contribution in [1.29, 1.82) is 0 Å². The second kappa shape index (κ2) is 5.74. The Morgan fingerprint density at radius 2 is 2.18 bits per heavy atom. The van der Waals surface area contributed by atoms with Crippen LogP contribution in [0.2, 0.25) is 5.02 Å². The number of aliphatic hydroxyl groups is 1. The first-order chi connectivity index (χ1) is 8.27. The second-order valence-electron chi connectivity index (χ2n) is 4.68. The third-order valence-electron chi connectivity index (χ3n) is 3.27. The van der Waals surface area contributed by atoms with Gasteiger partial charge >= 0.3 is 0 Å². The van der Waals surface area contributed by atoms with Crippen molar-refractivity contribution in [3.05, 3.63) is 28.8 Å². The van der Waals surface area contributed by atoms with Crippen LogP contribution in [0.4, 0.5) is 5.69 Å². The molecule has 1 aliphatic carbocycles. The summed E-state index contributed by atoms with van der Waals surface area (Å²) in [6, 6.07) is 6.41. The summed E-state index contributed by atoms with van der Waals surface area (Å²) in [5.74, 6) is 0. The minimum atomic E-state index is 0.0608. The van der Waals surface area contributed by atoms with E-state index in [1.54, 1.807) is 0 Å². The minimum Gasteiger partial charge on any atom is -0.392 e. The molecule has 0 aliphatic heterocycles. The molecule has 17 heavy (non-hydrogen) atoms. The van der Waals surface area contributed by atoms with E-state index in [0.717, 1.165) is 22.8 Å². The molecule has 0 amide bonds. The Balaban J connectivity index is 2.27. The van der Waals surface area contributed by atoms with Crippen LogP contribution in [0.3, 0.4) is 0 Å². The van der Waals surface area contributed by atoms with Crippen LogP contribution < -0.4 is 4.90 Å². The van der Waals surface area contributed by atoms with E-state index in [1.807, 2.05) is 18.2 Å². The number of anilines is 1. The molecule has 0 bridgehead atoms. The highest BCUT2D eigenvalue weighted by atomic mass is 35.5. The molecule has 0 unspecified atom stereocenters. The van der Waals surface area contributed by atoms with Crippen molar-refractivity contribution in [3.8, 4) is 0 Å². The Labute approximate surface area is 108 Å². The molecule has 1 aromatic carbocycles. The zero-order valence-corrected chi connectivity index (χ0v) is 11.1. The summed E-state index contributed by atoms with van der Waals surface area (Å²) in [5.41, 5.74) is 1.99. The monoisotopic (exact) mass is 253 g/mol. The van der Waals surface area contributed by atoms with Gasteiger partial charge in [0.05, 0.1) is 17.3 Å². The SMILES string of the molecule is CCCCN(c1c(Cl)cccc1CO)C1CC1. The number of unbranched alkanes of at least 4 members (excludes halogenated alkanes) is 1. The number of hydrogen-bond acceptors (Lipinski definition) is 2. The molecular weight excluding hydrogens is 234 g/mol. The van der Waals surface area contributed by atoms with Gasteiger partial charge in [-0.05, 0) is 25.3 Å². The highest BCUT2D eigenvalue weighted by Gasteiger charge is 2.30. The summed E-state index contributed by atoms with van der Waals surface area (Å²) in [4.78, 5) is 2.39. The smallest absolute Gasteiger partial charge is 0.0702 e. The van der Waals surface area contributed by atoms with E-state index < -0.39 is 0 Å². The average molecular weight is 254 g/mol. The van der Waals surface area contributed by atoms with Crippen molar-refractivity contribution in [2.24, 2.45) is 0 Å². The Kier molecular flexibility index (Phi) is 4.30. The van der Waals surface area contributed by atoms with Gasteiger partial charge in [-0.15, -0.1) is 0 Å². The van der Waals surface area contributed by atoms with Gasteiger partial charge in [0.15, 0.2) is 0 Å². The molecular formula is C14H20ClNO. The lowest BCUT2D eigenvalue weighted by Gasteiger charge is -2.27. The van der Waals surface area contributed by atoms with Gasteiger partial charge in [-0.1, -0.05) is 37.1 Å². The summed E-state index contributed by atoms with van der Waals surface area (Å²) in [7, 11) is 0. The average Bonchev–Trinajstić information content (AvgIpc) is 3.15. The van der Waals surface area contributed by atoms with Gasteiger partial charge in [0.2, 0.25) is 0 Å². The number of halogens is 1. The lowest BCUT2D eigenvalue weighted by molar-refractivity contribution is 0.282. The number of aliphatic hydroxyl groups excluding tert-OH is 1. The lowest BCUT2D eigenvalue weighted by Crippen LogP contribution is -2.28. The Hall–Kier alpha value is -0.730. The Morgan fingerprint density at radius 1 is 1.41 bits per heavy atom. The topological polar surface area (TPSA) is 23.5 Å². The van der Waals surface area contributed by atoms with Crippen LogP contribution in [-0.2, 0) is 6.61 Å². The van der Waals surface area contributed by atoms with Crippen molar-refractivity contribution in [2.45, 2.75) is 45.3 Å². The predicted octanol–water partition coefficient (Wildman–Crippen LogP) is 3.60. The van der Waals surface area contributed by atoms with Crippen LogP contribution in [0, 0.1) is 0 Å². The van der Waals surface area contributed by atoms with E-state index in [1.165, 1.54) is 25.7 Å². The molecule has 0 spiro atoms. The molecule has 1 saturated carbocycles. The third kappa shape index (κ3) is 2.93. The van der Waals surface area contributed by atoms with Crippen molar-refractivity contribution in [3.63, 3.8) is 0 Å². The highest BCUT2D eigenvalue weighted by molar-refractivity contribution is 6.33. The van der Waals surface area contributed by atoms with Crippen LogP contribution >= 0.6 is 11.6 Å². The van der Waals surface area contributed by atoms with Gasteiger partial charge in [-0.25, -0.2) is 0 Å². The molecule has 3 heteroatoms. The number of benzene rings is 1. The first kappa shape index (κ1) is 12.7. The van der Waals surface area contributed by atoms with Crippen LogP contribution in [0.25, 0.3) is 0 Å². The quantitative estimate of drug-likeness (QED) is 0.837. The first-order valence-electron chi connectivity index (χ1n) is 6.42. The molecule has 94 valence electrons. The molecule has 2 nitrogen and oxygen atoms in total. The van der Waals surface area contributed by atoms with Gasteiger partial charge in [-0.2, -0.15) is 0 Å². The van der Waals surface area contributed by atoms with Gasteiger partial charge in [0, 0.05) is 18.2 Å². The number of rotatable bonds is 6. The summed E-state index contributed by atoms with van der Waals surface area (Å²) in [5, 5.41) is 10.2. The number of nitrogens with zero attached hydrogens (tertiary/aromatic N) is 1. The Bertz CT molecular complexity index is 376. The molecule has 1 aliphatic rings. The largest absolute Gasteiger partial charge is 0.392 e. The second-order valence-corrected chi connectivity index (χ2v) is 5.09. The van der Waals surface area contributed by atoms with Gasteiger partial charge < -0.3 is 10.0 Å². The van der Waals surface area contributed by atoms with Crippen molar-refractivity contribution >= 4 is 17.3 Å². The zero-order chi connectivity index (χ0) is 12.3. The van der Waals surface area contributed by atoms with E-state index in [4.69, 9.17) is 11.6 Å². The summed E-state index contributed by atoms with van der Waals surface area (Å²) in [6.07, 6.45) is 4.86. The van der Waals surface area contributed by atoms with E-state index in [0.29, 0.717) is 6.04 Å². The Morgan fingerprint density at radius 3 is 2.76 bits per heavy atom. The highest BCUT2D eigenvalue weighted by Crippen LogP contribution is 2.38. The molecule has 0 heterocycles.